The Labute approximate surface area is 155 Å². The zero-order valence-corrected chi connectivity index (χ0v) is 15.3. The number of hydrogen-bond acceptors (Lipinski definition) is 5. The molecule has 0 bridgehead atoms. The molecule has 2 N–H and O–H groups in total. The third-order valence-corrected chi connectivity index (χ3v) is 4.38. The van der Waals surface area contributed by atoms with Crippen molar-refractivity contribution in [2.45, 2.75) is 26.8 Å². The number of carbonyl (C=O) groups excluding carboxylic acids is 1. The van der Waals surface area contributed by atoms with Gasteiger partial charge < -0.3 is 14.9 Å². The average molecular weight is 369 g/mol. The predicted molar refractivity (Wildman–Crippen MR) is 101 cm³/mol. The van der Waals surface area contributed by atoms with Crippen LogP contribution in [0.3, 0.4) is 0 Å². The maximum Gasteiger partial charge on any atom is 0.328 e. The van der Waals surface area contributed by atoms with Gasteiger partial charge in [-0.25, -0.2) is 9.18 Å². The van der Waals surface area contributed by atoms with Gasteiger partial charge in [0, 0.05) is 6.07 Å². The molecule has 27 heavy (non-hydrogen) atoms. The summed E-state index contributed by atoms with van der Waals surface area (Å²) in [6.45, 7) is 5.31. The molecule has 3 aromatic rings. The van der Waals surface area contributed by atoms with E-state index < -0.39 is 12.0 Å². The second kappa shape index (κ2) is 7.32. The highest BCUT2D eigenvalue weighted by Crippen LogP contribution is 2.26. The molecule has 2 aromatic carbocycles. The molecule has 0 fully saturated rings. The Morgan fingerprint density at radius 2 is 1.81 bits per heavy atom. The Kier molecular flexibility index (Phi) is 5.10. The Morgan fingerprint density at radius 1 is 1.15 bits per heavy atom. The smallest absolute Gasteiger partial charge is 0.328 e. The number of nitrogens with two attached hydrogens (primary N) is 1. The van der Waals surface area contributed by atoms with Crippen molar-refractivity contribution in [3.05, 3.63) is 64.3 Å². The summed E-state index contributed by atoms with van der Waals surface area (Å²) in [4.78, 5) is 24.9. The Morgan fingerprint density at radius 3 is 2.44 bits per heavy atom. The number of benzene rings is 2. The maximum absolute atomic E-state index is 13.2. The fourth-order valence-electron chi connectivity index (χ4n) is 2.76. The molecule has 0 amide bonds. The van der Waals surface area contributed by atoms with Crippen LogP contribution in [0.1, 0.15) is 19.6 Å². The van der Waals surface area contributed by atoms with Crippen LogP contribution in [0.2, 0.25) is 0 Å². The molecule has 0 radical (unpaired) electrons. The van der Waals surface area contributed by atoms with Gasteiger partial charge in [0.2, 0.25) is 5.43 Å². The molecule has 0 saturated heterocycles. The monoisotopic (exact) mass is 369 g/mol. The second-order valence-corrected chi connectivity index (χ2v) is 6.72. The molecule has 0 unspecified atom stereocenters. The van der Waals surface area contributed by atoms with Crippen molar-refractivity contribution in [1.82, 2.24) is 0 Å². The number of esters is 1. The largest absolute Gasteiger partial charge is 0.460 e. The van der Waals surface area contributed by atoms with E-state index in [-0.39, 0.29) is 22.9 Å². The molecule has 3 rings (SSSR count). The number of carbonyl (C=O) groups is 1. The minimum absolute atomic E-state index is 0.0589. The summed E-state index contributed by atoms with van der Waals surface area (Å²) in [5.74, 6) is -0.349. The van der Waals surface area contributed by atoms with Crippen LogP contribution >= 0.6 is 0 Å². The maximum atomic E-state index is 13.2. The van der Waals surface area contributed by atoms with E-state index >= 15 is 0 Å². The van der Waals surface area contributed by atoms with Crippen molar-refractivity contribution in [3.63, 3.8) is 0 Å². The molecule has 1 aromatic heterocycles. The first-order valence-electron chi connectivity index (χ1n) is 8.58. The molecule has 0 aliphatic carbocycles. The van der Waals surface area contributed by atoms with Gasteiger partial charge >= 0.3 is 5.97 Å². The van der Waals surface area contributed by atoms with E-state index in [1.165, 1.54) is 42.5 Å². The summed E-state index contributed by atoms with van der Waals surface area (Å²) in [6, 6.07) is 9.45. The van der Waals surface area contributed by atoms with Crippen molar-refractivity contribution >= 4 is 16.9 Å². The lowest BCUT2D eigenvalue weighted by Crippen LogP contribution is -2.38. The van der Waals surface area contributed by atoms with Crippen LogP contribution < -0.4 is 15.9 Å². The standard InChI is InChI=1S/C21H20FNO4/c1-11(2)19(23)21(25)27-15-8-9-16-17(10-15)26-12(3)18(20(16)24)13-4-6-14(22)7-5-13/h4-11,19H,23H2,1-3H3/t19-/m1/s1. The van der Waals surface area contributed by atoms with Crippen molar-refractivity contribution in [3.8, 4) is 16.9 Å². The van der Waals surface area contributed by atoms with Gasteiger partial charge in [-0.1, -0.05) is 26.0 Å². The summed E-state index contributed by atoms with van der Waals surface area (Å²) in [5, 5.41) is 0.341. The van der Waals surface area contributed by atoms with Crippen molar-refractivity contribution in [2.75, 3.05) is 0 Å². The van der Waals surface area contributed by atoms with Crippen LogP contribution in [0, 0.1) is 18.7 Å². The van der Waals surface area contributed by atoms with E-state index in [1.54, 1.807) is 6.92 Å². The van der Waals surface area contributed by atoms with Crippen LogP contribution in [0.5, 0.6) is 5.75 Å². The average Bonchev–Trinajstić information content (AvgIpc) is 2.62. The molecule has 1 atom stereocenters. The van der Waals surface area contributed by atoms with Gasteiger partial charge in [-0.15, -0.1) is 0 Å². The van der Waals surface area contributed by atoms with Gasteiger partial charge in [0.05, 0.1) is 10.9 Å². The first-order chi connectivity index (χ1) is 12.8. The van der Waals surface area contributed by atoms with E-state index in [9.17, 15) is 14.0 Å². The topological polar surface area (TPSA) is 82.5 Å². The van der Waals surface area contributed by atoms with Crippen molar-refractivity contribution in [2.24, 2.45) is 11.7 Å². The molecular formula is C21H20FNO4. The van der Waals surface area contributed by atoms with Gasteiger partial charge in [0.15, 0.2) is 0 Å². The summed E-state index contributed by atoms with van der Waals surface area (Å²) in [5.41, 5.74) is 6.79. The summed E-state index contributed by atoms with van der Waals surface area (Å²) >= 11 is 0. The van der Waals surface area contributed by atoms with Gasteiger partial charge in [-0.05, 0) is 42.7 Å². The molecular weight excluding hydrogens is 349 g/mol. The predicted octanol–water partition coefficient (Wildman–Crippen LogP) is 3.80. The molecule has 0 aliphatic heterocycles. The molecule has 140 valence electrons. The van der Waals surface area contributed by atoms with Crippen LogP contribution in [0.25, 0.3) is 22.1 Å². The second-order valence-electron chi connectivity index (χ2n) is 6.72. The molecule has 0 spiro atoms. The summed E-state index contributed by atoms with van der Waals surface area (Å²) in [6.07, 6.45) is 0. The third-order valence-electron chi connectivity index (χ3n) is 4.38. The Bertz CT molecular complexity index is 1050. The molecule has 1 heterocycles. The third kappa shape index (κ3) is 3.75. The fourth-order valence-corrected chi connectivity index (χ4v) is 2.76. The van der Waals surface area contributed by atoms with Gasteiger partial charge in [0.1, 0.15) is 29.0 Å². The van der Waals surface area contributed by atoms with E-state index in [1.807, 2.05) is 13.8 Å². The highest BCUT2D eigenvalue weighted by atomic mass is 19.1. The zero-order chi connectivity index (χ0) is 19.7. The van der Waals surface area contributed by atoms with E-state index in [0.717, 1.165) is 0 Å². The van der Waals surface area contributed by atoms with E-state index in [4.69, 9.17) is 14.9 Å². The Balaban J connectivity index is 2.02. The lowest BCUT2D eigenvalue weighted by Gasteiger charge is -2.14. The quantitative estimate of drug-likeness (QED) is 0.559. The first-order valence-corrected chi connectivity index (χ1v) is 8.58. The van der Waals surface area contributed by atoms with Gasteiger partial charge in [-0.3, -0.25) is 4.79 Å². The van der Waals surface area contributed by atoms with Crippen LogP contribution in [0.15, 0.2) is 51.7 Å². The van der Waals surface area contributed by atoms with Crippen molar-refractivity contribution in [1.29, 1.82) is 0 Å². The minimum Gasteiger partial charge on any atom is -0.460 e. The highest BCUT2D eigenvalue weighted by Gasteiger charge is 2.20. The van der Waals surface area contributed by atoms with Crippen LogP contribution in [-0.2, 0) is 4.79 Å². The number of hydrogen-bond donors (Lipinski definition) is 1. The minimum atomic E-state index is -0.740. The molecule has 5 nitrogen and oxygen atoms in total. The first kappa shape index (κ1) is 18.8. The van der Waals surface area contributed by atoms with Crippen LogP contribution in [-0.4, -0.2) is 12.0 Å². The number of ether oxygens (including phenoxy) is 1. The van der Waals surface area contributed by atoms with Crippen molar-refractivity contribution < 1.29 is 18.3 Å². The van der Waals surface area contributed by atoms with Crippen LogP contribution in [0.4, 0.5) is 4.39 Å². The number of aryl methyl sites for hydroxylation is 1. The molecule has 0 saturated carbocycles. The molecule has 0 aliphatic rings. The molecule has 6 heteroatoms. The lowest BCUT2D eigenvalue weighted by atomic mass is 10.0. The van der Waals surface area contributed by atoms with E-state index in [2.05, 4.69) is 0 Å². The number of halogens is 1. The van der Waals surface area contributed by atoms with E-state index in [0.29, 0.717) is 27.9 Å². The SMILES string of the molecule is Cc1oc2cc(OC(=O)[C@H](N)C(C)C)ccc2c(=O)c1-c1ccc(F)cc1. The van der Waals surface area contributed by atoms with Gasteiger partial charge in [0.25, 0.3) is 0 Å². The zero-order valence-electron chi connectivity index (χ0n) is 15.3. The summed E-state index contributed by atoms with van der Waals surface area (Å²) < 4.78 is 24.2. The highest BCUT2D eigenvalue weighted by molar-refractivity contribution is 5.85. The number of fused-ring (bicyclic) bond motifs is 1. The van der Waals surface area contributed by atoms with Gasteiger partial charge in [-0.2, -0.15) is 0 Å². The summed E-state index contributed by atoms with van der Waals surface area (Å²) in [7, 11) is 0. The normalized spacial score (nSPS) is 12.4. The fraction of sp³-hybridized carbons (Fsp3) is 0.238. The Hall–Kier alpha value is -2.99. The lowest BCUT2D eigenvalue weighted by molar-refractivity contribution is -0.136. The number of rotatable bonds is 4.